The van der Waals surface area contributed by atoms with Crippen LogP contribution in [0.25, 0.3) is 0 Å². The van der Waals surface area contributed by atoms with Gasteiger partial charge in [0.1, 0.15) is 12.3 Å². The first-order valence-electron chi connectivity index (χ1n) is 8.34. The Bertz CT molecular complexity index is 1080. The molecule has 6 nitrogen and oxygen atoms in total. The van der Waals surface area contributed by atoms with Gasteiger partial charge in [-0.2, -0.15) is 0 Å². The van der Waals surface area contributed by atoms with Crippen LogP contribution in [0, 0.1) is 18.7 Å². The lowest BCUT2D eigenvalue weighted by Crippen LogP contribution is -2.20. The van der Waals surface area contributed by atoms with Crippen LogP contribution in [0.4, 0.5) is 5.69 Å². The second kappa shape index (κ2) is 8.77. The molecular weight excluding hydrogens is 421 g/mol. The molecule has 0 saturated heterocycles. The van der Waals surface area contributed by atoms with E-state index in [9.17, 15) is 4.79 Å². The molecule has 0 atom stereocenters. The van der Waals surface area contributed by atoms with Crippen LogP contribution >= 0.6 is 35.4 Å². The van der Waals surface area contributed by atoms with E-state index in [1.807, 2.05) is 32.0 Å². The molecule has 0 saturated carbocycles. The zero-order chi connectivity index (χ0) is 20.3. The standard InChI is InChI=1S/C19H17Cl2N3O3S/c1-11-4-3-5-15(12(11)2)22-17(25)9-24-19(28)27-18(23-24)10-26-16-7-6-13(20)8-14(16)21/h3-8H,9-10H2,1-2H3,(H,22,25). The molecule has 2 aromatic carbocycles. The van der Waals surface area contributed by atoms with Crippen LogP contribution in [0.3, 0.4) is 0 Å². The first kappa shape index (κ1) is 20.4. The maximum absolute atomic E-state index is 12.3. The largest absolute Gasteiger partial charge is 0.482 e. The molecule has 0 bridgehead atoms. The Morgan fingerprint density at radius 1 is 1.29 bits per heavy atom. The molecule has 28 heavy (non-hydrogen) atoms. The van der Waals surface area contributed by atoms with Gasteiger partial charge in [0.15, 0.2) is 6.61 Å². The summed E-state index contributed by atoms with van der Waals surface area (Å²) in [4.78, 5) is 12.4. The quantitative estimate of drug-likeness (QED) is 0.526. The Morgan fingerprint density at radius 2 is 2.07 bits per heavy atom. The molecule has 1 N–H and O–H groups in total. The summed E-state index contributed by atoms with van der Waals surface area (Å²) < 4.78 is 12.3. The van der Waals surface area contributed by atoms with Crippen molar-refractivity contribution in [3.8, 4) is 5.75 Å². The molecule has 146 valence electrons. The normalized spacial score (nSPS) is 10.7. The fourth-order valence-electron chi connectivity index (χ4n) is 2.45. The van der Waals surface area contributed by atoms with Crippen molar-refractivity contribution in [3.63, 3.8) is 0 Å². The molecule has 1 amide bonds. The van der Waals surface area contributed by atoms with Gasteiger partial charge in [0, 0.05) is 10.7 Å². The van der Waals surface area contributed by atoms with Gasteiger partial charge in [-0.1, -0.05) is 35.3 Å². The van der Waals surface area contributed by atoms with Gasteiger partial charge in [0.25, 0.3) is 10.7 Å². The molecule has 0 radical (unpaired) electrons. The van der Waals surface area contributed by atoms with E-state index in [-0.39, 0.29) is 29.8 Å². The first-order chi connectivity index (χ1) is 13.3. The highest BCUT2D eigenvalue weighted by Crippen LogP contribution is 2.28. The van der Waals surface area contributed by atoms with Crippen LogP contribution < -0.4 is 10.1 Å². The van der Waals surface area contributed by atoms with Crippen LogP contribution in [-0.2, 0) is 17.9 Å². The highest BCUT2D eigenvalue weighted by atomic mass is 35.5. The van der Waals surface area contributed by atoms with E-state index in [2.05, 4.69) is 10.4 Å². The topological polar surface area (TPSA) is 69.3 Å². The van der Waals surface area contributed by atoms with E-state index in [1.165, 1.54) is 4.68 Å². The lowest BCUT2D eigenvalue weighted by Gasteiger charge is -2.10. The van der Waals surface area contributed by atoms with Gasteiger partial charge >= 0.3 is 0 Å². The molecule has 0 aliphatic rings. The number of benzene rings is 2. The van der Waals surface area contributed by atoms with Gasteiger partial charge in [0.05, 0.1) is 5.02 Å². The minimum absolute atomic E-state index is 0.0105. The maximum Gasteiger partial charge on any atom is 0.287 e. The fraction of sp³-hybridized carbons (Fsp3) is 0.211. The predicted octanol–water partition coefficient (Wildman–Crippen LogP) is 5.35. The summed E-state index contributed by atoms with van der Waals surface area (Å²) in [5, 5.41) is 7.92. The summed E-state index contributed by atoms with van der Waals surface area (Å²) in [6.45, 7) is 3.87. The number of nitrogens with one attached hydrogen (secondary N) is 1. The number of hydrogen-bond acceptors (Lipinski definition) is 5. The number of aromatic nitrogens is 2. The highest BCUT2D eigenvalue weighted by Gasteiger charge is 2.12. The zero-order valence-corrected chi connectivity index (χ0v) is 17.5. The number of aryl methyl sites for hydroxylation is 1. The molecule has 3 rings (SSSR count). The van der Waals surface area contributed by atoms with E-state index in [0.29, 0.717) is 15.8 Å². The highest BCUT2D eigenvalue weighted by molar-refractivity contribution is 7.71. The SMILES string of the molecule is Cc1cccc(NC(=O)Cn2nc(COc3ccc(Cl)cc3Cl)oc2=S)c1C. The summed E-state index contributed by atoms with van der Waals surface area (Å²) in [6.07, 6.45) is 0. The second-order valence-electron chi connectivity index (χ2n) is 6.08. The summed E-state index contributed by atoms with van der Waals surface area (Å²) in [7, 11) is 0. The van der Waals surface area contributed by atoms with Crippen molar-refractivity contribution >= 4 is 47.0 Å². The van der Waals surface area contributed by atoms with Crippen LogP contribution in [-0.4, -0.2) is 15.7 Å². The Hall–Kier alpha value is -2.35. The Labute approximate surface area is 177 Å². The van der Waals surface area contributed by atoms with Crippen LogP contribution in [0.1, 0.15) is 17.0 Å². The molecule has 0 aliphatic heterocycles. The van der Waals surface area contributed by atoms with Gasteiger partial charge in [-0.3, -0.25) is 4.79 Å². The number of halogens is 2. The predicted molar refractivity (Wildman–Crippen MR) is 111 cm³/mol. The third-order valence-electron chi connectivity index (χ3n) is 4.07. The number of hydrogen-bond donors (Lipinski definition) is 1. The monoisotopic (exact) mass is 437 g/mol. The lowest BCUT2D eigenvalue weighted by atomic mass is 10.1. The summed E-state index contributed by atoms with van der Waals surface area (Å²) in [5.41, 5.74) is 2.85. The minimum Gasteiger partial charge on any atom is -0.482 e. The molecule has 9 heteroatoms. The molecule has 0 fully saturated rings. The summed E-state index contributed by atoms with van der Waals surface area (Å²) >= 11 is 17.1. The molecule has 1 heterocycles. The average molecular weight is 438 g/mol. The third kappa shape index (κ3) is 4.92. The number of ether oxygens (including phenoxy) is 1. The zero-order valence-electron chi connectivity index (χ0n) is 15.2. The van der Waals surface area contributed by atoms with Crippen molar-refractivity contribution in [3.05, 3.63) is 68.3 Å². The van der Waals surface area contributed by atoms with Crippen molar-refractivity contribution < 1.29 is 13.9 Å². The van der Waals surface area contributed by atoms with E-state index < -0.39 is 0 Å². The van der Waals surface area contributed by atoms with Crippen molar-refractivity contribution in [2.45, 2.75) is 27.0 Å². The lowest BCUT2D eigenvalue weighted by molar-refractivity contribution is -0.117. The van der Waals surface area contributed by atoms with Gasteiger partial charge < -0.3 is 14.5 Å². The minimum atomic E-state index is -0.258. The molecule has 1 aromatic heterocycles. The second-order valence-corrected chi connectivity index (χ2v) is 7.27. The molecule has 0 unspecified atom stereocenters. The number of amides is 1. The van der Waals surface area contributed by atoms with Gasteiger partial charge in [-0.25, -0.2) is 4.68 Å². The van der Waals surface area contributed by atoms with Crippen LogP contribution in [0.5, 0.6) is 5.75 Å². The van der Waals surface area contributed by atoms with E-state index in [0.717, 1.165) is 16.8 Å². The van der Waals surface area contributed by atoms with E-state index in [4.69, 9.17) is 44.6 Å². The average Bonchev–Trinajstić information content (AvgIpc) is 2.97. The maximum atomic E-state index is 12.3. The Morgan fingerprint density at radius 3 is 2.82 bits per heavy atom. The Kier molecular flexibility index (Phi) is 6.39. The molecular formula is C19H17Cl2N3O3S. The number of carbonyl (C=O) groups excluding carboxylic acids is 1. The third-order valence-corrected chi connectivity index (χ3v) is 4.89. The van der Waals surface area contributed by atoms with Crippen molar-refractivity contribution in [2.75, 3.05) is 5.32 Å². The molecule has 3 aromatic rings. The fourth-order valence-corrected chi connectivity index (χ4v) is 3.12. The summed E-state index contributed by atoms with van der Waals surface area (Å²) in [5.74, 6) is 0.413. The van der Waals surface area contributed by atoms with Crippen molar-refractivity contribution in [1.82, 2.24) is 9.78 Å². The van der Waals surface area contributed by atoms with Crippen LogP contribution in [0.15, 0.2) is 40.8 Å². The molecule has 0 aliphatic carbocycles. The first-order valence-corrected chi connectivity index (χ1v) is 9.50. The van der Waals surface area contributed by atoms with E-state index in [1.54, 1.807) is 18.2 Å². The van der Waals surface area contributed by atoms with Gasteiger partial charge in [-0.05, 0) is 61.5 Å². The molecule has 0 spiro atoms. The van der Waals surface area contributed by atoms with Crippen LogP contribution in [0.2, 0.25) is 10.0 Å². The van der Waals surface area contributed by atoms with Gasteiger partial charge in [-0.15, -0.1) is 5.10 Å². The number of rotatable bonds is 6. The number of anilines is 1. The smallest absolute Gasteiger partial charge is 0.287 e. The number of nitrogens with zero attached hydrogens (tertiary/aromatic N) is 2. The Balaban J connectivity index is 1.64. The van der Waals surface area contributed by atoms with Crippen molar-refractivity contribution in [2.24, 2.45) is 0 Å². The van der Waals surface area contributed by atoms with E-state index >= 15 is 0 Å². The van der Waals surface area contributed by atoms with Gasteiger partial charge in [0.2, 0.25) is 5.91 Å². The summed E-state index contributed by atoms with van der Waals surface area (Å²) in [6, 6.07) is 10.6. The number of carbonyl (C=O) groups is 1. The van der Waals surface area contributed by atoms with Crippen molar-refractivity contribution in [1.29, 1.82) is 0 Å².